The van der Waals surface area contributed by atoms with Gasteiger partial charge in [-0.3, -0.25) is 4.79 Å². The molecule has 2 aromatic carbocycles. The van der Waals surface area contributed by atoms with Crippen molar-refractivity contribution in [1.82, 2.24) is 20.1 Å². The molecule has 7 nitrogen and oxygen atoms in total. The standard InChI is InChI=1S/C32H36F3N5O2/c1-31(10-5-11-31)37-28(19-6-3-7-19)21-13-24-25(26(14-21)32(33,34)35)15-40(30(24)41)23-9-4-8-20(12-23)27(22-16-42-17-22)29-38-36-18-39(29)2/h4,8-9,12-14,18-19,22,27-28,37H,3,5-7,10-11,15-17H2,1-2H3/t27-,28+/m1/s1. The van der Waals surface area contributed by atoms with Gasteiger partial charge in [-0.05, 0) is 85.9 Å². The number of benzene rings is 2. The van der Waals surface area contributed by atoms with Crippen molar-refractivity contribution >= 4 is 11.6 Å². The largest absolute Gasteiger partial charge is 0.416 e. The normalized spacial score (nSPS) is 21.8. The summed E-state index contributed by atoms with van der Waals surface area (Å²) in [5.41, 5.74) is 1.53. The number of fused-ring (bicyclic) bond motifs is 1. The van der Waals surface area contributed by atoms with Crippen LogP contribution in [0.2, 0.25) is 0 Å². The number of hydrogen-bond donors (Lipinski definition) is 1. The molecular formula is C32H36F3N5O2. The monoisotopic (exact) mass is 579 g/mol. The summed E-state index contributed by atoms with van der Waals surface area (Å²) in [4.78, 5) is 15.4. The first-order valence-corrected chi connectivity index (χ1v) is 15.0. The molecule has 2 saturated carbocycles. The van der Waals surface area contributed by atoms with Crippen LogP contribution in [0.4, 0.5) is 18.9 Å². The molecule has 42 heavy (non-hydrogen) atoms. The minimum absolute atomic E-state index is 0.0566. The lowest BCUT2D eigenvalue weighted by Crippen LogP contribution is -2.52. The number of ether oxygens (including phenoxy) is 1. The van der Waals surface area contributed by atoms with Gasteiger partial charge in [0.05, 0.1) is 31.2 Å². The second-order valence-electron chi connectivity index (χ2n) is 12.9. The van der Waals surface area contributed by atoms with Crippen molar-refractivity contribution in [2.75, 3.05) is 18.1 Å². The SMILES string of the molecule is Cn1cnnc1[C@H](c1cccc(N2Cc3c(cc([C@@H](NC4(C)CCC4)C4CCC4)cc3C(F)(F)F)C2=O)c1)C1COC1. The van der Waals surface area contributed by atoms with Gasteiger partial charge in [-0.15, -0.1) is 10.2 Å². The molecular weight excluding hydrogens is 543 g/mol. The quantitative estimate of drug-likeness (QED) is 0.347. The highest BCUT2D eigenvalue weighted by Gasteiger charge is 2.44. The average Bonchev–Trinajstić information content (AvgIpc) is 3.45. The van der Waals surface area contributed by atoms with Crippen LogP contribution in [-0.2, 0) is 24.5 Å². The number of carbonyl (C=O) groups is 1. The Morgan fingerprint density at radius 1 is 1.07 bits per heavy atom. The molecule has 2 aliphatic heterocycles. The maximum absolute atomic E-state index is 14.6. The van der Waals surface area contributed by atoms with Crippen molar-refractivity contribution in [3.8, 4) is 0 Å². The highest BCUT2D eigenvalue weighted by atomic mass is 19.4. The Labute approximate surface area is 243 Å². The Morgan fingerprint density at radius 2 is 1.86 bits per heavy atom. The summed E-state index contributed by atoms with van der Waals surface area (Å²) in [7, 11) is 1.89. The van der Waals surface area contributed by atoms with Gasteiger partial charge >= 0.3 is 6.18 Å². The van der Waals surface area contributed by atoms with Crippen molar-refractivity contribution in [1.29, 1.82) is 0 Å². The lowest BCUT2D eigenvalue weighted by Gasteiger charge is -2.46. The maximum Gasteiger partial charge on any atom is 0.416 e. The van der Waals surface area contributed by atoms with Crippen LogP contribution in [0.25, 0.3) is 0 Å². The smallest absolute Gasteiger partial charge is 0.381 e. The fraction of sp³-hybridized carbons (Fsp3) is 0.531. The van der Waals surface area contributed by atoms with E-state index >= 15 is 0 Å². The zero-order chi connectivity index (χ0) is 29.2. The number of nitrogens with zero attached hydrogens (tertiary/aromatic N) is 4. The maximum atomic E-state index is 14.6. The fourth-order valence-corrected chi connectivity index (χ4v) is 7.08. The van der Waals surface area contributed by atoms with E-state index in [1.807, 2.05) is 29.8 Å². The molecule has 3 aromatic rings. The Hall–Kier alpha value is -3.24. The summed E-state index contributed by atoms with van der Waals surface area (Å²) >= 11 is 0. The number of halogens is 3. The molecule has 0 spiro atoms. The van der Waals surface area contributed by atoms with Gasteiger partial charge < -0.3 is 19.5 Å². The van der Waals surface area contributed by atoms with Crippen LogP contribution in [0, 0.1) is 11.8 Å². The number of anilines is 1. The predicted molar refractivity (Wildman–Crippen MR) is 151 cm³/mol. The van der Waals surface area contributed by atoms with E-state index in [4.69, 9.17) is 4.74 Å². The van der Waals surface area contributed by atoms with E-state index in [0.29, 0.717) is 24.5 Å². The number of hydrogen-bond acceptors (Lipinski definition) is 5. The molecule has 222 valence electrons. The van der Waals surface area contributed by atoms with Crippen LogP contribution in [0.1, 0.15) is 95.8 Å². The van der Waals surface area contributed by atoms with Gasteiger partial charge in [0.15, 0.2) is 0 Å². The average molecular weight is 580 g/mol. The number of amides is 1. The summed E-state index contributed by atoms with van der Waals surface area (Å²) < 4.78 is 51.1. The zero-order valence-electron chi connectivity index (χ0n) is 24.0. The van der Waals surface area contributed by atoms with Gasteiger partial charge in [0.2, 0.25) is 0 Å². The van der Waals surface area contributed by atoms with E-state index in [1.165, 1.54) is 11.0 Å². The second-order valence-corrected chi connectivity index (χ2v) is 12.9. The number of rotatable bonds is 8. The van der Waals surface area contributed by atoms with Crippen LogP contribution in [0.15, 0.2) is 42.7 Å². The molecule has 0 unspecified atom stereocenters. The predicted octanol–water partition coefficient (Wildman–Crippen LogP) is 6.15. The van der Waals surface area contributed by atoms with Crippen LogP contribution in [-0.4, -0.2) is 39.4 Å². The van der Waals surface area contributed by atoms with Crippen molar-refractivity contribution in [2.24, 2.45) is 18.9 Å². The molecule has 0 radical (unpaired) electrons. The summed E-state index contributed by atoms with van der Waals surface area (Å²) in [6.45, 7) is 3.21. The van der Waals surface area contributed by atoms with Crippen LogP contribution in [0.3, 0.4) is 0 Å². The summed E-state index contributed by atoms with van der Waals surface area (Å²) in [6, 6.07) is 10.4. The molecule has 0 bridgehead atoms. The van der Waals surface area contributed by atoms with Gasteiger partial charge in [-0.2, -0.15) is 13.2 Å². The summed E-state index contributed by atoms with van der Waals surface area (Å²) in [5.74, 6) is 0.765. The van der Waals surface area contributed by atoms with E-state index < -0.39 is 11.7 Å². The van der Waals surface area contributed by atoms with E-state index in [-0.39, 0.29) is 52.9 Å². The third-order valence-electron chi connectivity index (χ3n) is 10.0. The lowest BCUT2D eigenvalue weighted by molar-refractivity contribution is -0.138. The van der Waals surface area contributed by atoms with E-state index in [1.54, 1.807) is 18.5 Å². The molecule has 7 rings (SSSR count). The minimum atomic E-state index is -4.57. The Kier molecular flexibility index (Phi) is 6.69. The molecule has 3 heterocycles. The van der Waals surface area contributed by atoms with Gasteiger partial charge in [0.1, 0.15) is 12.2 Å². The van der Waals surface area contributed by atoms with E-state index in [0.717, 1.165) is 49.9 Å². The highest BCUT2D eigenvalue weighted by Crippen LogP contribution is 2.46. The van der Waals surface area contributed by atoms with E-state index in [2.05, 4.69) is 22.4 Å². The molecule has 1 amide bonds. The Bertz CT molecular complexity index is 1510. The molecule has 10 heteroatoms. The topological polar surface area (TPSA) is 72.3 Å². The first-order valence-electron chi connectivity index (χ1n) is 15.0. The third kappa shape index (κ3) is 4.72. The number of aryl methyl sites for hydroxylation is 1. The van der Waals surface area contributed by atoms with Gasteiger partial charge in [-0.1, -0.05) is 18.6 Å². The van der Waals surface area contributed by atoms with Crippen LogP contribution < -0.4 is 10.2 Å². The molecule has 4 aliphatic rings. The van der Waals surface area contributed by atoms with Gasteiger partial charge in [0, 0.05) is 35.8 Å². The van der Waals surface area contributed by atoms with Crippen molar-refractivity contribution in [3.63, 3.8) is 0 Å². The van der Waals surface area contributed by atoms with E-state index in [9.17, 15) is 18.0 Å². The fourth-order valence-electron chi connectivity index (χ4n) is 7.08. The number of alkyl halides is 3. The molecule has 1 aromatic heterocycles. The number of nitrogens with one attached hydrogen (secondary N) is 1. The molecule has 2 aliphatic carbocycles. The Balaban J connectivity index is 1.25. The first-order chi connectivity index (χ1) is 20.1. The highest BCUT2D eigenvalue weighted by molar-refractivity contribution is 6.10. The first kappa shape index (κ1) is 27.6. The summed E-state index contributed by atoms with van der Waals surface area (Å²) in [6.07, 6.45) is 3.29. The molecule has 1 N–H and O–H groups in total. The summed E-state index contributed by atoms with van der Waals surface area (Å²) in [5, 5.41) is 12.1. The molecule has 1 saturated heterocycles. The second kappa shape index (κ2) is 10.2. The zero-order valence-corrected chi connectivity index (χ0v) is 24.0. The van der Waals surface area contributed by atoms with Gasteiger partial charge in [-0.25, -0.2) is 0 Å². The Morgan fingerprint density at radius 3 is 2.43 bits per heavy atom. The minimum Gasteiger partial charge on any atom is -0.381 e. The lowest BCUT2D eigenvalue weighted by atomic mass is 9.72. The molecule has 2 atom stereocenters. The van der Waals surface area contributed by atoms with Crippen molar-refractivity contribution < 1.29 is 22.7 Å². The van der Waals surface area contributed by atoms with Crippen LogP contribution in [0.5, 0.6) is 0 Å². The van der Waals surface area contributed by atoms with Gasteiger partial charge in [0.25, 0.3) is 5.91 Å². The number of aromatic nitrogens is 3. The molecule has 3 fully saturated rings. The van der Waals surface area contributed by atoms with Crippen molar-refractivity contribution in [3.05, 3.63) is 76.4 Å². The van der Waals surface area contributed by atoms with Crippen LogP contribution >= 0.6 is 0 Å². The third-order valence-corrected chi connectivity index (χ3v) is 10.0. The van der Waals surface area contributed by atoms with Crippen molar-refractivity contribution in [2.45, 2.75) is 75.7 Å². The number of carbonyl (C=O) groups excluding carboxylic acids is 1.